The monoisotopic (exact) mass is 370 g/mol. The summed E-state index contributed by atoms with van der Waals surface area (Å²) in [6.45, 7) is 6.81. The summed E-state index contributed by atoms with van der Waals surface area (Å²) in [6.07, 6.45) is 2.15. The minimum atomic E-state index is -0.205. The maximum Gasteiger partial charge on any atom is 0.250 e. The molecule has 1 N–H and O–H groups in total. The molecule has 25 heavy (non-hydrogen) atoms. The lowest BCUT2D eigenvalue weighted by atomic mass is 10.2. The van der Waals surface area contributed by atoms with Crippen LogP contribution in [0, 0.1) is 0 Å². The molecule has 0 bridgehead atoms. The molecule has 1 aliphatic heterocycles. The van der Waals surface area contributed by atoms with Crippen molar-refractivity contribution < 1.29 is 19.0 Å². The number of nitrogens with one attached hydrogen (secondary N) is 1. The Morgan fingerprint density at radius 1 is 1.24 bits per heavy atom. The third kappa shape index (κ3) is 7.20. The molecule has 0 radical (unpaired) electrons. The minimum Gasteiger partial charge on any atom is -0.379 e. The van der Waals surface area contributed by atoms with Gasteiger partial charge in [0.2, 0.25) is 5.91 Å². The molecule has 0 atom stereocenters. The summed E-state index contributed by atoms with van der Waals surface area (Å²) in [5, 5.41) is 3.41. The fourth-order valence-electron chi connectivity index (χ4n) is 2.47. The molecular weight excluding hydrogens is 344 g/mol. The Balaban J connectivity index is 1.71. The maximum absolute atomic E-state index is 11.9. The molecule has 0 aliphatic carbocycles. The number of benzene rings is 1. The first-order valence-corrected chi connectivity index (χ1v) is 9.16. The highest BCUT2D eigenvalue weighted by atomic mass is 35.5. The molecule has 1 heterocycles. The van der Waals surface area contributed by atoms with Crippen molar-refractivity contribution >= 4 is 28.9 Å². The lowest BCUT2D eigenvalue weighted by molar-refractivity contribution is -0.121. The van der Waals surface area contributed by atoms with Gasteiger partial charge in [0.1, 0.15) is 6.61 Å². The Morgan fingerprint density at radius 3 is 2.72 bits per heavy atom. The predicted molar refractivity (Wildman–Crippen MR) is 99.7 cm³/mol. The molecule has 0 saturated carbocycles. The van der Waals surface area contributed by atoms with Crippen molar-refractivity contribution in [3.63, 3.8) is 0 Å². The topological polar surface area (TPSA) is 60.0 Å². The van der Waals surface area contributed by atoms with Gasteiger partial charge in [-0.2, -0.15) is 0 Å². The predicted octanol–water partition coefficient (Wildman–Crippen LogP) is 2.95. The zero-order chi connectivity index (χ0) is 17.9. The van der Waals surface area contributed by atoms with Gasteiger partial charge in [0.25, 0.3) is 0 Å². The SMILES string of the molecule is CCCCOCCOCC(=O)Nc1ccc(N2CCOCC2)c(Cl)c1. The highest BCUT2D eigenvalue weighted by Gasteiger charge is 2.14. The number of nitrogens with zero attached hydrogens (tertiary/aromatic N) is 1. The number of unbranched alkanes of at least 4 members (excludes halogenated alkanes) is 1. The molecular formula is C18H27ClN2O4. The van der Waals surface area contributed by atoms with Crippen LogP contribution in [-0.4, -0.2) is 58.6 Å². The van der Waals surface area contributed by atoms with Gasteiger partial charge in [0.05, 0.1) is 37.1 Å². The lowest BCUT2D eigenvalue weighted by Crippen LogP contribution is -2.36. The second-order valence-electron chi connectivity index (χ2n) is 5.83. The first-order chi connectivity index (χ1) is 12.2. The second kappa shape index (κ2) is 11.3. The van der Waals surface area contributed by atoms with E-state index < -0.39 is 0 Å². The molecule has 1 aliphatic rings. The molecule has 7 heteroatoms. The van der Waals surface area contributed by atoms with Crippen molar-refractivity contribution in [2.24, 2.45) is 0 Å². The average Bonchev–Trinajstić information content (AvgIpc) is 2.62. The summed E-state index contributed by atoms with van der Waals surface area (Å²) in [7, 11) is 0. The van der Waals surface area contributed by atoms with Gasteiger partial charge in [-0.15, -0.1) is 0 Å². The zero-order valence-electron chi connectivity index (χ0n) is 14.8. The van der Waals surface area contributed by atoms with E-state index in [0.29, 0.717) is 37.1 Å². The average molecular weight is 371 g/mol. The van der Waals surface area contributed by atoms with Gasteiger partial charge < -0.3 is 24.4 Å². The number of ether oxygens (including phenoxy) is 3. The summed E-state index contributed by atoms with van der Waals surface area (Å²) >= 11 is 6.35. The zero-order valence-corrected chi connectivity index (χ0v) is 15.5. The Morgan fingerprint density at radius 2 is 2.00 bits per heavy atom. The van der Waals surface area contributed by atoms with Gasteiger partial charge in [-0.3, -0.25) is 4.79 Å². The summed E-state index contributed by atoms with van der Waals surface area (Å²) in [5.41, 5.74) is 1.62. The Labute approximate surface area is 154 Å². The smallest absolute Gasteiger partial charge is 0.250 e. The number of hydrogen-bond donors (Lipinski definition) is 1. The Kier molecular flexibility index (Phi) is 9.04. The van der Waals surface area contributed by atoms with Crippen LogP contribution >= 0.6 is 11.6 Å². The van der Waals surface area contributed by atoms with Gasteiger partial charge in [0, 0.05) is 25.4 Å². The third-order valence-corrected chi connectivity index (χ3v) is 4.13. The van der Waals surface area contributed by atoms with Crippen LogP contribution in [0.3, 0.4) is 0 Å². The highest BCUT2D eigenvalue weighted by molar-refractivity contribution is 6.33. The molecule has 1 amide bonds. The number of rotatable bonds is 10. The van der Waals surface area contributed by atoms with Gasteiger partial charge in [0.15, 0.2) is 0 Å². The fourth-order valence-corrected chi connectivity index (χ4v) is 2.77. The number of amides is 1. The number of morpholine rings is 1. The van der Waals surface area contributed by atoms with E-state index in [2.05, 4.69) is 17.1 Å². The van der Waals surface area contributed by atoms with Crippen molar-refractivity contribution in [1.82, 2.24) is 0 Å². The normalized spacial score (nSPS) is 14.6. The number of anilines is 2. The van der Waals surface area contributed by atoms with Crippen LogP contribution in [0.2, 0.25) is 5.02 Å². The van der Waals surface area contributed by atoms with Crippen LogP contribution in [0.1, 0.15) is 19.8 Å². The van der Waals surface area contributed by atoms with Crippen molar-refractivity contribution in [2.45, 2.75) is 19.8 Å². The van der Waals surface area contributed by atoms with Gasteiger partial charge >= 0.3 is 0 Å². The van der Waals surface area contributed by atoms with E-state index in [9.17, 15) is 4.79 Å². The summed E-state index contributed by atoms with van der Waals surface area (Å²) in [4.78, 5) is 14.1. The highest BCUT2D eigenvalue weighted by Crippen LogP contribution is 2.29. The van der Waals surface area contributed by atoms with Crippen LogP contribution in [0.25, 0.3) is 0 Å². The molecule has 140 valence electrons. The molecule has 1 saturated heterocycles. The number of carbonyl (C=O) groups is 1. The number of hydrogen-bond acceptors (Lipinski definition) is 5. The summed E-state index contributed by atoms with van der Waals surface area (Å²) in [5.74, 6) is -0.205. The van der Waals surface area contributed by atoms with Gasteiger partial charge in [-0.1, -0.05) is 24.9 Å². The molecule has 6 nitrogen and oxygen atoms in total. The molecule has 1 aromatic rings. The minimum absolute atomic E-state index is 0.0000277. The third-order valence-electron chi connectivity index (χ3n) is 3.83. The van der Waals surface area contributed by atoms with E-state index in [-0.39, 0.29) is 12.5 Å². The van der Waals surface area contributed by atoms with Crippen molar-refractivity contribution in [2.75, 3.05) is 62.9 Å². The number of carbonyl (C=O) groups excluding carboxylic acids is 1. The lowest BCUT2D eigenvalue weighted by Gasteiger charge is -2.29. The standard InChI is InChI=1S/C18H27ClN2O4/c1-2-3-8-23-11-12-25-14-18(22)20-15-4-5-17(16(19)13-15)21-6-9-24-10-7-21/h4-5,13H,2-3,6-12,14H2,1H3,(H,20,22). The van der Waals surface area contributed by atoms with Crippen LogP contribution in [0.15, 0.2) is 18.2 Å². The molecule has 0 spiro atoms. The largest absolute Gasteiger partial charge is 0.379 e. The first-order valence-electron chi connectivity index (χ1n) is 8.78. The van der Waals surface area contributed by atoms with Crippen LogP contribution < -0.4 is 10.2 Å². The Hall–Kier alpha value is -1.34. The van der Waals surface area contributed by atoms with E-state index in [1.54, 1.807) is 6.07 Å². The fraction of sp³-hybridized carbons (Fsp3) is 0.611. The second-order valence-corrected chi connectivity index (χ2v) is 6.24. The van der Waals surface area contributed by atoms with Crippen molar-refractivity contribution in [3.8, 4) is 0 Å². The molecule has 2 rings (SSSR count). The van der Waals surface area contributed by atoms with Crippen LogP contribution in [0.4, 0.5) is 11.4 Å². The van der Waals surface area contributed by atoms with E-state index in [1.165, 1.54) is 0 Å². The molecule has 0 aromatic heterocycles. The van der Waals surface area contributed by atoms with E-state index in [0.717, 1.165) is 38.2 Å². The van der Waals surface area contributed by atoms with Crippen LogP contribution in [-0.2, 0) is 19.0 Å². The van der Waals surface area contributed by atoms with Crippen LogP contribution in [0.5, 0.6) is 0 Å². The van der Waals surface area contributed by atoms with Gasteiger partial charge in [-0.05, 0) is 24.6 Å². The Bertz CT molecular complexity index is 536. The quantitative estimate of drug-likeness (QED) is 0.642. The first kappa shape index (κ1) is 20.0. The van der Waals surface area contributed by atoms with E-state index >= 15 is 0 Å². The molecule has 0 unspecified atom stereocenters. The van der Waals surface area contributed by atoms with E-state index in [4.69, 9.17) is 25.8 Å². The number of halogens is 1. The molecule has 1 aromatic carbocycles. The van der Waals surface area contributed by atoms with Gasteiger partial charge in [-0.25, -0.2) is 0 Å². The van der Waals surface area contributed by atoms with Crippen molar-refractivity contribution in [3.05, 3.63) is 23.2 Å². The van der Waals surface area contributed by atoms with E-state index in [1.807, 2.05) is 12.1 Å². The summed E-state index contributed by atoms with van der Waals surface area (Å²) in [6, 6.07) is 5.53. The summed E-state index contributed by atoms with van der Waals surface area (Å²) < 4.78 is 16.0. The maximum atomic E-state index is 11.9. The van der Waals surface area contributed by atoms with Crippen molar-refractivity contribution in [1.29, 1.82) is 0 Å². The molecule has 1 fully saturated rings.